The van der Waals surface area contributed by atoms with E-state index < -0.39 is 0 Å². The van der Waals surface area contributed by atoms with E-state index >= 15 is 0 Å². The summed E-state index contributed by atoms with van der Waals surface area (Å²) in [6, 6.07) is 0. The van der Waals surface area contributed by atoms with Gasteiger partial charge in [-0.2, -0.15) is 5.10 Å². The van der Waals surface area contributed by atoms with Gasteiger partial charge in [0.1, 0.15) is 0 Å². The lowest BCUT2D eigenvalue weighted by molar-refractivity contribution is -0.121. The van der Waals surface area contributed by atoms with Gasteiger partial charge in [-0.3, -0.25) is 9.48 Å². The maximum Gasteiger partial charge on any atom is 0.227 e. The fourth-order valence-corrected chi connectivity index (χ4v) is 2.39. The predicted octanol–water partition coefficient (Wildman–Crippen LogP) is 1.12. The van der Waals surface area contributed by atoms with Crippen LogP contribution in [0.15, 0.2) is 12.4 Å². The lowest BCUT2D eigenvalue weighted by Crippen LogP contribution is -2.29. The first kappa shape index (κ1) is 12.1. The number of hydrogen-bond donors (Lipinski definition) is 2. The van der Waals surface area contributed by atoms with Crippen molar-refractivity contribution < 1.29 is 4.79 Å². The smallest absolute Gasteiger partial charge is 0.227 e. The predicted molar refractivity (Wildman–Crippen MR) is 66.3 cm³/mol. The Morgan fingerprint density at radius 1 is 1.53 bits per heavy atom. The molecule has 1 amide bonds. The molecule has 0 radical (unpaired) electrons. The summed E-state index contributed by atoms with van der Waals surface area (Å²) in [6.45, 7) is 0.747. The van der Waals surface area contributed by atoms with Crippen molar-refractivity contribution in [1.29, 1.82) is 0 Å². The van der Waals surface area contributed by atoms with Gasteiger partial charge in [0.15, 0.2) is 0 Å². The molecule has 1 aromatic heterocycles. The van der Waals surface area contributed by atoms with Gasteiger partial charge >= 0.3 is 0 Å². The van der Waals surface area contributed by atoms with Crippen LogP contribution in [-0.4, -0.2) is 22.2 Å². The summed E-state index contributed by atoms with van der Waals surface area (Å²) in [5, 5.41) is 6.94. The Hall–Kier alpha value is -1.36. The molecule has 2 rings (SSSR count). The van der Waals surface area contributed by atoms with Crippen LogP contribution >= 0.6 is 0 Å². The first-order valence-electron chi connectivity index (χ1n) is 6.18. The summed E-state index contributed by atoms with van der Waals surface area (Å²) < 4.78 is 1.68. The summed E-state index contributed by atoms with van der Waals surface area (Å²) >= 11 is 0. The van der Waals surface area contributed by atoms with Crippen LogP contribution in [0.4, 0.5) is 5.69 Å². The van der Waals surface area contributed by atoms with Crippen LogP contribution < -0.4 is 11.1 Å². The molecule has 0 unspecified atom stereocenters. The highest BCUT2D eigenvalue weighted by atomic mass is 16.1. The second-order valence-corrected chi connectivity index (χ2v) is 4.85. The van der Waals surface area contributed by atoms with Gasteiger partial charge < -0.3 is 11.1 Å². The molecule has 0 atom stereocenters. The molecule has 0 spiro atoms. The molecular weight excluding hydrogens is 216 g/mol. The largest absolute Gasteiger partial charge is 0.330 e. The standard InChI is InChI=1S/C12H20N4O/c1-16-8-11(7-14-16)15-12(17)10-4-2-9(6-13)3-5-10/h7-10H,2-6,13H2,1H3,(H,15,17). The normalized spacial score (nSPS) is 24.6. The molecule has 5 heteroatoms. The third-order valence-corrected chi connectivity index (χ3v) is 3.52. The molecule has 0 aromatic carbocycles. The maximum atomic E-state index is 12.0. The molecule has 94 valence electrons. The van der Waals surface area contributed by atoms with Gasteiger partial charge in [-0.25, -0.2) is 0 Å². The van der Waals surface area contributed by atoms with E-state index in [4.69, 9.17) is 5.73 Å². The van der Waals surface area contributed by atoms with Crippen LogP contribution in [0, 0.1) is 11.8 Å². The van der Waals surface area contributed by atoms with E-state index in [-0.39, 0.29) is 11.8 Å². The van der Waals surface area contributed by atoms with E-state index in [1.807, 2.05) is 13.2 Å². The van der Waals surface area contributed by atoms with Crippen LogP contribution in [-0.2, 0) is 11.8 Å². The highest BCUT2D eigenvalue weighted by molar-refractivity contribution is 5.92. The molecule has 1 aliphatic carbocycles. The summed E-state index contributed by atoms with van der Waals surface area (Å²) in [5.41, 5.74) is 6.42. The summed E-state index contributed by atoms with van der Waals surface area (Å²) in [4.78, 5) is 12.0. The van der Waals surface area contributed by atoms with Gasteiger partial charge in [0, 0.05) is 19.2 Å². The van der Waals surface area contributed by atoms with Gasteiger partial charge in [-0.05, 0) is 38.1 Å². The zero-order valence-corrected chi connectivity index (χ0v) is 10.2. The number of nitrogens with zero attached hydrogens (tertiary/aromatic N) is 2. The number of rotatable bonds is 3. The molecule has 17 heavy (non-hydrogen) atoms. The first-order chi connectivity index (χ1) is 8.19. The van der Waals surface area contributed by atoms with Crippen molar-refractivity contribution >= 4 is 11.6 Å². The lowest BCUT2D eigenvalue weighted by atomic mass is 9.81. The van der Waals surface area contributed by atoms with Crippen LogP contribution in [0.25, 0.3) is 0 Å². The Labute approximate surface area is 101 Å². The van der Waals surface area contributed by atoms with E-state index in [0.29, 0.717) is 5.92 Å². The van der Waals surface area contributed by atoms with Gasteiger partial charge in [-0.15, -0.1) is 0 Å². The Bertz CT molecular complexity index is 380. The van der Waals surface area contributed by atoms with E-state index in [1.165, 1.54) is 0 Å². The molecule has 0 bridgehead atoms. The number of aryl methyl sites for hydroxylation is 1. The van der Waals surface area contributed by atoms with E-state index in [2.05, 4.69) is 10.4 Å². The van der Waals surface area contributed by atoms with E-state index in [0.717, 1.165) is 37.9 Å². The lowest BCUT2D eigenvalue weighted by Gasteiger charge is -2.26. The van der Waals surface area contributed by atoms with Crippen molar-refractivity contribution in [1.82, 2.24) is 9.78 Å². The van der Waals surface area contributed by atoms with Crippen molar-refractivity contribution in [3.63, 3.8) is 0 Å². The number of amides is 1. The van der Waals surface area contributed by atoms with E-state index in [1.54, 1.807) is 10.9 Å². The van der Waals surface area contributed by atoms with Crippen molar-refractivity contribution in [3.05, 3.63) is 12.4 Å². The quantitative estimate of drug-likeness (QED) is 0.826. The average molecular weight is 236 g/mol. The van der Waals surface area contributed by atoms with Crippen molar-refractivity contribution in [2.45, 2.75) is 25.7 Å². The van der Waals surface area contributed by atoms with Crippen LogP contribution in [0.3, 0.4) is 0 Å². The molecule has 1 fully saturated rings. The zero-order valence-electron chi connectivity index (χ0n) is 10.2. The molecule has 0 saturated heterocycles. The highest BCUT2D eigenvalue weighted by Gasteiger charge is 2.25. The molecule has 1 heterocycles. The average Bonchev–Trinajstić information content (AvgIpc) is 2.75. The van der Waals surface area contributed by atoms with Crippen molar-refractivity contribution in [2.24, 2.45) is 24.6 Å². The Morgan fingerprint density at radius 3 is 2.76 bits per heavy atom. The molecule has 1 saturated carbocycles. The number of carbonyl (C=O) groups is 1. The molecular formula is C12H20N4O. The number of anilines is 1. The summed E-state index contributed by atoms with van der Waals surface area (Å²) in [7, 11) is 1.84. The summed E-state index contributed by atoms with van der Waals surface area (Å²) in [6.07, 6.45) is 7.53. The van der Waals surface area contributed by atoms with E-state index in [9.17, 15) is 4.79 Å². The minimum absolute atomic E-state index is 0.119. The number of carbonyl (C=O) groups excluding carboxylic acids is 1. The number of aromatic nitrogens is 2. The molecule has 0 aliphatic heterocycles. The van der Waals surface area contributed by atoms with Gasteiger partial charge in [0.25, 0.3) is 0 Å². The van der Waals surface area contributed by atoms with Crippen LogP contribution in [0.2, 0.25) is 0 Å². The maximum absolute atomic E-state index is 12.0. The molecule has 1 aliphatic rings. The fourth-order valence-electron chi connectivity index (χ4n) is 2.39. The van der Waals surface area contributed by atoms with Gasteiger partial charge in [0.05, 0.1) is 11.9 Å². The highest BCUT2D eigenvalue weighted by Crippen LogP contribution is 2.28. The number of nitrogens with one attached hydrogen (secondary N) is 1. The zero-order chi connectivity index (χ0) is 12.3. The van der Waals surface area contributed by atoms with Crippen LogP contribution in [0.5, 0.6) is 0 Å². The van der Waals surface area contributed by atoms with Crippen LogP contribution in [0.1, 0.15) is 25.7 Å². The summed E-state index contributed by atoms with van der Waals surface area (Å²) in [5.74, 6) is 0.865. The van der Waals surface area contributed by atoms with Gasteiger partial charge in [-0.1, -0.05) is 0 Å². The molecule has 1 aromatic rings. The van der Waals surface area contributed by atoms with Crippen molar-refractivity contribution in [3.8, 4) is 0 Å². The topological polar surface area (TPSA) is 72.9 Å². The SMILES string of the molecule is Cn1cc(NC(=O)C2CCC(CN)CC2)cn1. The molecule has 5 nitrogen and oxygen atoms in total. The minimum Gasteiger partial charge on any atom is -0.330 e. The molecule has 3 N–H and O–H groups in total. The fraction of sp³-hybridized carbons (Fsp3) is 0.667. The first-order valence-corrected chi connectivity index (χ1v) is 6.18. The Morgan fingerprint density at radius 2 is 2.24 bits per heavy atom. The Kier molecular flexibility index (Phi) is 3.78. The number of nitrogens with two attached hydrogens (primary N) is 1. The third-order valence-electron chi connectivity index (χ3n) is 3.52. The Balaban J connectivity index is 1.85. The second-order valence-electron chi connectivity index (χ2n) is 4.85. The minimum atomic E-state index is 0.119. The third kappa shape index (κ3) is 3.06. The second kappa shape index (κ2) is 5.31. The van der Waals surface area contributed by atoms with Gasteiger partial charge in [0.2, 0.25) is 5.91 Å². The van der Waals surface area contributed by atoms with Crippen molar-refractivity contribution in [2.75, 3.05) is 11.9 Å². The monoisotopic (exact) mass is 236 g/mol. The number of hydrogen-bond acceptors (Lipinski definition) is 3.